The van der Waals surface area contributed by atoms with Crippen molar-refractivity contribution in [1.82, 2.24) is 5.32 Å². The molecule has 2 aromatic carbocycles. The standard InChI is InChI=1S/C20H17F3N2O5/c1-29-18(27)12-24-19(28)14-6-4-7-15(11-14)25-17(26)10-9-13-5-2-3-8-16(13)30-20(21,22)23/h2-11H,12H2,1H3,(H,24,28)(H,25,26). The summed E-state index contributed by atoms with van der Waals surface area (Å²) in [6, 6.07) is 11.2. The quantitative estimate of drug-likeness (QED) is 0.528. The van der Waals surface area contributed by atoms with E-state index in [9.17, 15) is 27.6 Å². The maximum atomic E-state index is 12.4. The second-order valence-electron chi connectivity index (χ2n) is 5.75. The molecule has 0 saturated heterocycles. The van der Waals surface area contributed by atoms with Gasteiger partial charge in [-0.15, -0.1) is 13.2 Å². The monoisotopic (exact) mass is 422 g/mol. The van der Waals surface area contributed by atoms with E-state index in [1.165, 1.54) is 55.7 Å². The molecule has 2 amide bonds. The summed E-state index contributed by atoms with van der Waals surface area (Å²) < 4.78 is 45.7. The van der Waals surface area contributed by atoms with Crippen LogP contribution in [0.4, 0.5) is 18.9 Å². The average Bonchev–Trinajstić information content (AvgIpc) is 2.70. The summed E-state index contributed by atoms with van der Waals surface area (Å²) in [5.41, 5.74) is 0.515. The fourth-order valence-corrected chi connectivity index (χ4v) is 2.25. The molecular weight excluding hydrogens is 405 g/mol. The van der Waals surface area contributed by atoms with Gasteiger partial charge in [0.2, 0.25) is 5.91 Å². The average molecular weight is 422 g/mol. The molecule has 0 saturated carbocycles. The summed E-state index contributed by atoms with van der Waals surface area (Å²) in [5, 5.41) is 4.85. The van der Waals surface area contributed by atoms with Gasteiger partial charge in [0.05, 0.1) is 7.11 Å². The lowest BCUT2D eigenvalue weighted by Gasteiger charge is -2.11. The summed E-state index contributed by atoms with van der Waals surface area (Å²) >= 11 is 0. The van der Waals surface area contributed by atoms with Crippen LogP contribution in [0.25, 0.3) is 6.08 Å². The molecule has 158 valence electrons. The molecule has 10 heteroatoms. The number of carbonyl (C=O) groups is 3. The fourth-order valence-electron chi connectivity index (χ4n) is 2.25. The summed E-state index contributed by atoms with van der Waals surface area (Å²) in [7, 11) is 1.19. The Morgan fingerprint density at radius 3 is 2.50 bits per heavy atom. The Kier molecular flexibility index (Phi) is 7.56. The first kappa shape index (κ1) is 22.5. The van der Waals surface area contributed by atoms with Gasteiger partial charge < -0.3 is 20.1 Å². The Balaban J connectivity index is 2.04. The molecular formula is C20H17F3N2O5. The van der Waals surface area contributed by atoms with Gasteiger partial charge in [-0.25, -0.2) is 0 Å². The molecule has 0 aliphatic heterocycles. The minimum Gasteiger partial charge on any atom is -0.468 e. The van der Waals surface area contributed by atoms with Crippen LogP contribution in [0.3, 0.4) is 0 Å². The molecule has 0 aliphatic carbocycles. The number of alkyl halides is 3. The van der Waals surface area contributed by atoms with Crippen molar-refractivity contribution in [2.75, 3.05) is 19.0 Å². The van der Waals surface area contributed by atoms with Crippen LogP contribution in [-0.4, -0.2) is 37.8 Å². The second kappa shape index (κ2) is 10.1. The van der Waals surface area contributed by atoms with Crippen molar-refractivity contribution < 1.29 is 37.0 Å². The highest BCUT2D eigenvalue weighted by atomic mass is 19.4. The van der Waals surface area contributed by atoms with Gasteiger partial charge in [0, 0.05) is 22.9 Å². The van der Waals surface area contributed by atoms with Gasteiger partial charge in [-0.3, -0.25) is 14.4 Å². The molecule has 0 atom stereocenters. The van der Waals surface area contributed by atoms with Gasteiger partial charge in [0.1, 0.15) is 12.3 Å². The van der Waals surface area contributed by atoms with E-state index in [-0.39, 0.29) is 23.4 Å². The first-order chi connectivity index (χ1) is 14.2. The number of benzene rings is 2. The van der Waals surface area contributed by atoms with Gasteiger partial charge in [0.15, 0.2) is 0 Å². The van der Waals surface area contributed by atoms with E-state index < -0.39 is 29.9 Å². The van der Waals surface area contributed by atoms with Crippen molar-refractivity contribution in [3.8, 4) is 5.75 Å². The zero-order valence-corrected chi connectivity index (χ0v) is 15.7. The van der Waals surface area contributed by atoms with E-state index in [4.69, 9.17) is 0 Å². The normalized spacial score (nSPS) is 11.1. The predicted molar refractivity (Wildman–Crippen MR) is 102 cm³/mol. The number of hydrogen-bond donors (Lipinski definition) is 2. The number of esters is 1. The van der Waals surface area contributed by atoms with Crippen LogP contribution in [0.15, 0.2) is 54.6 Å². The number of ether oxygens (including phenoxy) is 2. The third-order valence-corrected chi connectivity index (χ3v) is 3.57. The lowest BCUT2D eigenvalue weighted by Crippen LogP contribution is -2.30. The molecule has 0 aromatic heterocycles. The summed E-state index contributed by atoms with van der Waals surface area (Å²) in [4.78, 5) is 35.2. The molecule has 0 aliphatic rings. The molecule has 0 bridgehead atoms. The van der Waals surface area contributed by atoms with E-state index in [1.807, 2.05) is 0 Å². The molecule has 0 heterocycles. The minimum atomic E-state index is -4.86. The molecule has 30 heavy (non-hydrogen) atoms. The van der Waals surface area contributed by atoms with Gasteiger partial charge in [-0.1, -0.05) is 24.3 Å². The number of nitrogens with one attached hydrogen (secondary N) is 2. The van der Waals surface area contributed by atoms with E-state index in [2.05, 4.69) is 20.1 Å². The first-order valence-corrected chi connectivity index (χ1v) is 8.47. The molecule has 0 fully saturated rings. The van der Waals surface area contributed by atoms with Gasteiger partial charge in [-0.2, -0.15) is 0 Å². The SMILES string of the molecule is COC(=O)CNC(=O)c1cccc(NC(=O)C=Cc2ccccc2OC(F)(F)F)c1. The Morgan fingerprint density at radius 1 is 1.07 bits per heavy atom. The van der Waals surface area contributed by atoms with Crippen LogP contribution in [0.2, 0.25) is 0 Å². The Hall–Kier alpha value is -3.82. The van der Waals surface area contributed by atoms with Gasteiger partial charge in [-0.05, 0) is 30.3 Å². The number of para-hydroxylation sites is 1. The summed E-state index contributed by atoms with van der Waals surface area (Å²) in [6.07, 6.45) is -2.66. The van der Waals surface area contributed by atoms with Crippen molar-refractivity contribution in [2.45, 2.75) is 6.36 Å². The number of anilines is 1. The number of halogens is 3. The molecule has 0 spiro atoms. The zero-order chi connectivity index (χ0) is 22.1. The van der Waals surface area contributed by atoms with E-state index in [0.717, 1.165) is 12.1 Å². The van der Waals surface area contributed by atoms with Crippen molar-refractivity contribution in [2.24, 2.45) is 0 Å². The van der Waals surface area contributed by atoms with Gasteiger partial charge >= 0.3 is 12.3 Å². The molecule has 2 aromatic rings. The van der Waals surface area contributed by atoms with Crippen molar-refractivity contribution in [3.05, 3.63) is 65.7 Å². The highest BCUT2D eigenvalue weighted by molar-refractivity contribution is 6.03. The predicted octanol–water partition coefficient (Wildman–Crippen LogP) is 3.14. The Morgan fingerprint density at radius 2 is 1.80 bits per heavy atom. The molecule has 7 nitrogen and oxygen atoms in total. The van der Waals surface area contributed by atoms with Crippen LogP contribution in [0, 0.1) is 0 Å². The lowest BCUT2D eigenvalue weighted by molar-refractivity contribution is -0.274. The third-order valence-electron chi connectivity index (χ3n) is 3.57. The highest BCUT2D eigenvalue weighted by Crippen LogP contribution is 2.27. The summed E-state index contributed by atoms with van der Waals surface area (Å²) in [6.45, 7) is -0.311. The van der Waals surface area contributed by atoms with E-state index >= 15 is 0 Å². The van der Waals surface area contributed by atoms with Crippen LogP contribution < -0.4 is 15.4 Å². The molecule has 2 N–H and O–H groups in total. The first-order valence-electron chi connectivity index (χ1n) is 8.47. The van der Waals surface area contributed by atoms with Crippen molar-refractivity contribution in [1.29, 1.82) is 0 Å². The molecule has 2 rings (SSSR count). The topological polar surface area (TPSA) is 93.7 Å². The zero-order valence-electron chi connectivity index (χ0n) is 15.7. The van der Waals surface area contributed by atoms with E-state index in [1.54, 1.807) is 0 Å². The number of methoxy groups -OCH3 is 1. The minimum absolute atomic E-state index is 0.0564. The van der Waals surface area contributed by atoms with Crippen LogP contribution >= 0.6 is 0 Å². The van der Waals surface area contributed by atoms with Crippen LogP contribution in [0.5, 0.6) is 5.75 Å². The smallest absolute Gasteiger partial charge is 0.468 e. The van der Waals surface area contributed by atoms with Crippen molar-refractivity contribution >= 4 is 29.5 Å². The Labute approximate surface area is 169 Å². The van der Waals surface area contributed by atoms with Crippen LogP contribution in [-0.2, 0) is 14.3 Å². The lowest BCUT2D eigenvalue weighted by atomic mass is 10.1. The number of amides is 2. The Bertz CT molecular complexity index is 957. The fraction of sp³-hybridized carbons (Fsp3) is 0.150. The molecule has 0 unspecified atom stereocenters. The number of carbonyl (C=O) groups excluding carboxylic acids is 3. The van der Waals surface area contributed by atoms with Crippen LogP contribution in [0.1, 0.15) is 15.9 Å². The third kappa shape index (κ3) is 7.30. The maximum Gasteiger partial charge on any atom is 0.573 e. The van der Waals surface area contributed by atoms with Crippen molar-refractivity contribution in [3.63, 3.8) is 0 Å². The van der Waals surface area contributed by atoms with E-state index in [0.29, 0.717) is 0 Å². The molecule has 0 radical (unpaired) electrons. The number of rotatable bonds is 7. The highest BCUT2D eigenvalue weighted by Gasteiger charge is 2.31. The largest absolute Gasteiger partial charge is 0.573 e. The number of hydrogen-bond acceptors (Lipinski definition) is 5. The maximum absolute atomic E-state index is 12.4. The van der Waals surface area contributed by atoms with Gasteiger partial charge in [0.25, 0.3) is 5.91 Å². The summed E-state index contributed by atoms with van der Waals surface area (Å²) in [5.74, 6) is -2.25. The second-order valence-corrected chi connectivity index (χ2v) is 5.75.